The van der Waals surface area contributed by atoms with Crippen molar-refractivity contribution in [2.24, 2.45) is 5.73 Å². The van der Waals surface area contributed by atoms with Gasteiger partial charge in [-0.3, -0.25) is 4.98 Å². The second-order valence-electron chi connectivity index (χ2n) is 4.24. The Kier molecular flexibility index (Phi) is 3.47. The number of anilines is 1. The van der Waals surface area contributed by atoms with Crippen molar-refractivity contribution in [3.63, 3.8) is 0 Å². The number of hydrogen-bond acceptors (Lipinski definition) is 3. The van der Waals surface area contributed by atoms with Crippen LogP contribution < -0.4 is 11.1 Å². The van der Waals surface area contributed by atoms with Gasteiger partial charge in [-0.05, 0) is 45.4 Å². The topological polar surface area (TPSA) is 50.9 Å². The van der Waals surface area contributed by atoms with E-state index in [1.54, 1.807) is 6.20 Å². The minimum atomic E-state index is 0.0425. The molecule has 3 nitrogen and oxygen atoms in total. The number of rotatable bonds is 4. The quantitative estimate of drug-likeness (QED) is 0.768. The minimum Gasteiger partial charge on any atom is -0.380 e. The second-order valence-corrected chi connectivity index (χ2v) is 4.24. The summed E-state index contributed by atoms with van der Waals surface area (Å²) < 4.78 is 0. The lowest BCUT2D eigenvalue weighted by Crippen LogP contribution is -2.33. The van der Waals surface area contributed by atoms with E-state index in [2.05, 4.69) is 24.1 Å². The third kappa shape index (κ3) is 3.00. The maximum atomic E-state index is 5.55. The van der Waals surface area contributed by atoms with Crippen LogP contribution in [0.3, 0.4) is 0 Å². The van der Waals surface area contributed by atoms with Gasteiger partial charge in [0, 0.05) is 23.6 Å². The maximum Gasteiger partial charge on any atom is 0.0404 e. The molecular weight excluding hydrogens is 174 g/mol. The van der Waals surface area contributed by atoms with Gasteiger partial charge in [-0.1, -0.05) is 0 Å². The first-order chi connectivity index (χ1) is 6.55. The first-order valence-electron chi connectivity index (χ1n) is 4.94. The third-order valence-electron chi connectivity index (χ3n) is 2.26. The van der Waals surface area contributed by atoms with E-state index in [-0.39, 0.29) is 5.54 Å². The highest BCUT2D eigenvalue weighted by Gasteiger charge is 2.16. The standard InChI is InChI=1S/C11H19N3/c1-9-8-13-7-4-10(9)14-11(2,3)5-6-12/h4,7-8H,5-6,12H2,1-3H3,(H,13,14). The van der Waals surface area contributed by atoms with Crippen molar-refractivity contribution < 1.29 is 0 Å². The lowest BCUT2D eigenvalue weighted by molar-refractivity contribution is 0.526. The minimum absolute atomic E-state index is 0.0425. The van der Waals surface area contributed by atoms with Crippen LogP contribution >= 0.6 is 0 Å². The van der Waals surface area contributed by atoms with Crippen molar-refractivity contribution in [3.05, 3.63) is 24.0 Å². The molecule has 1 rings (SSSR count). The Morgan fingerprint density at radius 3 is 2.79 bits per heavy atom. The average Bonchev–Trinajstić information content (AvgIpc) is 2.08. The molecule has 0 atom stereocenters. The van der Waals surface area contributed by atoms with Gasteiger partial charge in [-0.15, -0.1) is 0 Å². The molecule has 1 aromatic rings. The summed E-state index contributed by atoms with van der Waals surface area (Å²) in [6, 6.07) is 1.99. The normalized spacial score (nSPS) is 11.4. The molecule has 1 heterocycles. The van der Waals surface area contributed by atoms with E-state index in [0.29, 0.717) is 6.54 Å². The van der Waals surface area contributed by atoms with Gasteiger partial charge in [-0.2, -0.15) is 0 Å². The highest BCUT2D eigenvalue weighted by molar-refractivity contribution is 5.50. The molecule has 0 bridgehead atoms. The maximum absolute atomic E-state index is 5.55. The van der Waals surface area contributed by atoms with Gasteiger partial charge in [-0.25, -0.2) is 0 Å². The summed E-state index contributed by atoms with van der Waals surface area (Å²) in [4.78, 5) is 4.06. The fourth-order valence-electron chi connectivity index (χ4n) is 1.40. The van der Waals surface area contributed by atoms with Crippen molar-refractivity contribution in [2.75, 3.05) is 11.9 Å². The molecule has 0 aliphatic carbocycles. The van der Waals surface area contributed by atoms with Crippen LogP contribution in [0.5, 0.6) is 0 Å². The number of hydrogen-bond donors (Lipinski definition) is 2. The summed E-state index contributed by atoms with van der Waals surface area (Å²) in [5.74, 6) is 0. The van der Waals surface area contributed by atoms with Crippen LogP contribution in [0.1, 0.15) is 25.8 Å². The SMILES string of the molecule is Cc1cnccc1NC(C)(C)CCN. The molecule has 0 aromatic carbocycles. The Bertz CT molecular complexity index is 294. The number of nitrogens with two attached hydrogens (primary N) is 1. The third-order valence-corrected chi connectivity index (χ3v) is 2.26. The molecule has 3 heteroatoms. The van der Waals surface area contributed by atoms with Crippen LogP contribution in [0.25, 0.3) is 0 Å². The van der Waals surface area contributed by atoms with E-state index < -0.39 is 0 Å². The number of pyridine rings is 1. The Labute approximate surface area is 85.7 Å². The summed E-state index contributed by atoms with van der Waals surface area (Å²) in [5, 5.41) is 3.47. The first-order valence-corrected chi connectivity index (χ1v) is 4.94. The van der Waals surface area contributed by atoms with Crippen molar-refractivity contribution in [1.82, 2.24) is 4.98 Å². The summed E-state index contributed by atoms with van der Waals surface area (Å²) in [7, 11) is 0. The van der Waals surface area contributed by atoms with Gasteiger partial charge < -0.3 is 11.1 Å². The number of nitrogens with zero attached hydrogens (tertiary/aromatic N) is 1. The molecule has 0 fully saturated rings. The lowest BCUT2D eigenvalue weighted by Gasteiger charge is -2.27. The van der Waals surface area contributed by atoms with Crippen LogP contribution in [-0.4, -0.2) is 17.1 Å². The van der Waals surface area contributed by atoms with E-state index >= 15 is 0 Å². The van der Waals surface area contributed by atoms with E-state index in [1.165, 1.54) is 0 Å². The predicted octanol–water partition coefficient (Wildman–Crippen LogP) is 1.93. The van der Waals surface area contributed by atoms with Crippen LogP contribution in [0, 0.1) is 6.92 Å². The van der Waals surface area contributed by atoms with Crippen molar-refractivity contribution in [2.45, 2.75) is 32.7 Å². The van der Waals surface area contributed by atoms with E-state index in [9.17, 15) is 0 Å². The molecule has 0 aliphatic rings. The largest absolute Gasteiger partial charge is 0.380 e. The second kappa shape index (κ2) is 4.42. The predicted molar refractivity (Wildman–Crippen MR) is 60.3 cm³/mol. The molecule has 14 heavy (non-hydrogen) atoms. The number of aromatic nitrogens is 1. The van der Waals surface area contributed by atoms with Crippen molar-refractivity contribution >= 4 is 5.69 Å². The van der Waals surface area contributed by atoms with Gasteiger partial charge in [0.15, 0.2) is 0 Å². The zero-order valence-electron chi connectivity index (χ0n) is 9.17. The zero-order chi connectivity index (χ0) is 10.6. The van der Waals surface area contributed by atoms with Crippen LogP contribution in [-0.2, 0) is 0 Å². The Morgan fingerprint density at radius 1 is 1.50 bits per heavy atom. The molecule has 0 aliphatic heterocycles. The Hall–Kier alpha value is -1.09. The van der Waals surface area contributed by atoms with Gasteiger partial charge in [0.2, 0.25) is 0 Å². The zero-order valence-corrected chi connectivity index (χ0v) is 9.17. The molecule has 0 spiro atoms. The Balaban J connectivity index is 2.73. The van der Waals surface area contributed by atoms with Gasteiger partial charge >= 0.3 is 0 Å². The fourth-order valence-corrected chi connectivity index (χ4v) is 1.40. The van der Waals surface area contributed by atoms with Crippen LogP contribution in [0.15, 0.2) is 18.5 Å². The molecule has 78 valence electrons. The molecule has 0 amide bonds. The van der Waals surface area contributed by atoms with Gasteiger partial charge in [0.1, 0.15) is 0 Å². The smallest absolute Gasteiger partial charge is 0.0404 e. The van der Waals surface area contributed by atoms with Gasteiger partial charge in [0.25, 0.3) is 0 Å². The summed E-state index contributed by atoms with van der Waals surface area (Å²) in [5.41, 5.74) is 7.90. The fraction of sp³-hybridized carbons (Fsp3) is 0.545. The molecule has 0 saturated heterocycles. The summed E-state index contributed by atoms with van der Waals surface area (Å²) >= 11 is 0. The van der Waals surface area contributed by atoms with Crippen molar-refractivity contribution in [1.29, 1.82) is 0 Å². The monoisotopic (exact) mass is 193 g/mol. The average molecular weight is 193 g/mol. The van der Waals surface area contributed by atoms with Crippen LogP contribution in [0.2, 0.25) is 0 Å². The molecule has 3 N–H and O–H groups in total. The molecular formula is C11H19N3. The van der Waals surface area contributed by atoms with Gasteiger partial charge in [0.05, 0.1) is 0 Å². The molecule has 0 radical (unpaired) electrons. The Morgan fingerprint density at radius 2 is 2.21 bits per heavy atom. The van der Waals surface area contributed by atoms with Crippen LogP contribution in [0.4, 0.5) is 5.69 Å². The summed E-state index contributed by atoms with van der Waals surface area (Å²) in [6.07, 6.45) is 4.61. The first kappa shape index (κ1) is 11.0. The highest BCUT2D eigenvalue weighted by Crippen LogP contribution is 2.19. The van der Waals surface area contributed by atoms with E-state index in [0.717, 1.165) is 17.7 Å². The summed E-state index contributed by atoms with van der Waals surface area (Å²) in [6.45, 7) is 7.05. The highest BCUT2D eigenvalue weighted by atomic mass is 15.0. The number of nitrogens with one attached hydrogen (secondary N) is 1. The molecule has 0 unspecified atom stereocenters. The molecule has 0 saturated carbocycles. The van der Waals surface area contributed by atoms with E-state index in [4.69, 9.17) is 5.73 Å². The van der Waals surface area contributed by atoms with E-state index in [1.807, 2.05) is 19.2 Å². The lowest BCUT2D eigenvalue weighted by atomic mass is 10.00. The van der Waals surface area contributed by atoms with Crippen molar-refractivity contribution in [3.8, 4) is 0 Å². The molecule has 1 aromatic heterocycles. The number of aryl methyl sites for hydroxylation is 1.